The van der Waals surface area contributed by atoms with Crippen molar-refractivity contribution in [3.05, 3.63) is 18.2 Å². The number of hydrogen-bond donors (Lipinski definition) is 0. The first kappa shape index (κ1) is 17.4. The van der Waals surface area contributed by atoms with Gasteiger partial charge in [0, 0.05) is 58.3 Å². The number of piperidine rings is 1. The second-order valence-corrected chi connectivity index (χ2v) is 7.11. The maximum Gasteiger partial charge on any atom is 0.226 e. The van der Waals surface area contributed by atoms with Crippen molar-refractivity contribution in [3.63, 3.8) is 0 Å². The van der Waals surface area contributed by atoms with E-state index in [1.807, 2.05) is 31.3 Å². The third-order valence-corrected chi connectivity index (χ3v) is 5.49. The molecule has 0 spiro atoms. The quantitative estimate of drug-likeness (QED) is 0.820. The third kappa shape index (κ3) is 4.16. The number of nitrogens with zero attached hydrogens (tertiary/aromatic N) is 4. The lowest BCUT2D eigenvalue weighted by atomic mass is 9.93. The summed E-state index contributed by atoms with van der Waals surface area (Å²) in [6.45, 7) is 7.32. The largest absolute Gasteiger partial charge is 0.381 e. The number of likely N-dealkylation sites (N-methyl/N-ethyl adjacent to an activating group) is 1. The number of imidazole rings is 1. The number of aromatic nitrogens is 2. The SMILES string of the molecule is Cc1nccn1CCN(C)C(=O)[C@@H]1CCCN(C2CCOCC2)C1. The van der Waals surface area contributed by atoms with Gasteiger partial charge in [0.25, 0.3) is 0 Å². The lowest BCUT2D eigenvalue weighted by Gasteiger charge is -2.40. The first-order valence-electron chi connectivity index (χ1n) is 9.19. The molecule has 1 aromatic rings. The van der Waals surface area contributed by atoms with Crippen LogP contribution in [0.3, 0.4) is 0 Å². The van der Waals surface area contributed by atoms with Gasteiger partial charge in [0.1, 0.15) is 5.82 Å². The summed E-state index contributed by atoms with van der Waals surface area (Å²) < 4.78 is 7.57. The minimum atomic E-state index is 0.149. The number of hydrogen-bond acceptors (Lipinski definition) is 4. The molecular formula is C18H30N4O2. The molecule has 2 aliphatic rings. The molecule has 1 atom stereocenters. The maximum atomic E-state index is 12.8. The van der Waals surface area contributed by atoms with Crippen LogP contribution in [0.15, 0.2) is 12.4 Å². The van der Waals surface area contributed by atoms with Gasteiger partial charge in [-0.1, -0.05) is 0 Å². The Morgan fingerprint density at radius 2 is 2.17 bits per heavy atom. The highest BCUT2D eigenvalue weighted by molar-refractivity contribution is 5.78. The van der Waals surface area contributed by atoms with E-state index >= 15 is 0 Å². The number of carbonyl (C=O) groups excluding carboxylic acids is 1. The summed E-state index contributed by atoms with van der Waals surface area (Å²) in [7, 11) is 1.93. The van der Waals surface area contributed by atoms with Crippen LogP contribution >= 0.6 is 0 Å². The molecule has 3 heterocycles. The summed E-state index contributed by atoms with van der Waals surface area (Å²) >= 11 is 0. The standard InChI is InChI=1S/C18H30N4O2/c1-15-19-7-9-21(15)11-10-20(2)18(23)16-4-3-8-22(14-16)17-5-12-24-13-6-17/h7,9,16-17H,3-6,8,10-14H2,1-2H3/t16-/m1/s1. The molecule has 2 fully saturated rings. The van der Waals surface area contributed by atoms with Crippen LogP contribution in [-0.4, -0.2) is 71.2 Å². The Bertz CT molecular complexity index is 539. The van der Waals surface area contributed by atoms with E-state index in [2.05, 4.69) is 14.5 Å². The van der Waals surface area contributed by atoms with Gasteiger partial charge in [0.2, 0.25) is 5.91 Å². The van der Waals surface area contributed by atoms with E-state index in [0.717, 1.165) is 70.9 Å². The Morgan fingerprint density at radius 1 is 1.38 bits per heavy atom. The van der Waals surface area contributed by atoms with E-state index in [1.165, 1.54) is 0 Å². The lowest BCUT2D eigenvalue weighted by Crippen LogP contribution is -2.49. The zero-order chi connectivity index (χ0) is 16.9. The first-order chi connectivity index (χ1) is 11.6. The molecule has 0 bridgehead atoms. The lowest BCUT2D eigenvalue weighted by molar-refractivity contribution is -0.136. The Kier molecular flexibility index (Phi) is 5.89. The van der Waals surface area contributed by atoms with Crippen LogP contribution in [0.5, 0.6) is 0 Å². The van der Waals surface area contributed by atoms with E-state index in [1.54, 1.807) is 0 Å². The zero-order valence-electron chi connectivity index (χ0n) is 15.0. The number of aryl methyl sites for hydroxylation is 1. The van der Waals surface area contributed by atoms with Gasteiger partial charge in [-0.3, -0.25) is 9.69 Å². The summed E-state index contributed by atoms with van der Waals surface area (Å²) in [6.07, 6.45) is 8.15. The number of amides is 1. The summed E-state index contributed by atoms with van der Waals surface area (Å²) in [6, 6.07) is 0.605. The molecule has 0 N–H and O–H groups in total. The third-order valence-electron chi connectivity index (χ3n) is 5.49. The maximum absolute atomic E-state index is 12.8. The fourth-order valence-electron chi connectivity index (χ4n) is 3.91. The van der Waals surface area contributed by atoms with Crippen molar-refractivity contribution in [2.24, 2.45) is 5.92 Å². The van der Waals surface area contributed by atoms with Crippen LogP contribution in [0, 0.1) is 12.8 Å². The second kappa shape index (κ2) is 8.12. The van der Waals surface area contributed by atoms with E-state index in [0.29, 0.717) is 11.9 Å². The molecule has 24 heavy (non-hydrogen) atoms. The molecule has 6 nitrogen and oxygen atoms in total. The first-order valence-corrected chi connectivity index (χ1v) is 9.19. The van der Waals surface area contributed by atoms with Crippen LogP contribution < -0.4 is 0 Å². The van der Waals surface area contributed by atoms with Crippen LogP contribution in [0.2, 0.25) is 0 Å². The highest BCUT2D eigenvalue weighted by Gasteiger charge is 2.31. The number of likely N-dealkylation sites (tertiary alicyclic amines) is 1. The van der Waals surface area contributed by atoms with Crippen molar-refractivity contribution < 1.29 is 9.53 Å². The van der Waals surface area contributed by atoms with Crippen LogP contribution in [0.4, 0.5) is 0 Å². The topological polar surface area (TPSA) is 50.6 Å². The molecule has 0 aliphatic carbocycles. The Hall–Kier alpha value is -1.40. The van der Waals surface area contributed by atoms with Gasteiger partial charge in [-0.25, -0.2) is 4.98 Å². The molecule has 0 radical (unpaired) electrons. The average Bonchev–Trinajstić information content (AvgIpc) is 3.05. The predicted molar refractivity (Wildman–Crippen MR) is 92.7 cm³/mol. The summed E-state index contributed by atoms with van der Waals surface area (Å²) in [5.74, 6) is 1.44. The van der Waals surface area contributed by atoms with Crippen LogP contribution in [0.25, 0.3) is 0 Å². The van der Waals surface area contributed by atoms with Crippen molar-refractivity contribution in [3.8, 4) is 0 Å². The van der Waals surface area contributed by atoms with Crippen LogP contribution in [-0.2, 0) is 16.1 Å². The Balaban J connectivity index is 1.50. The van der Waals surface area contributed by atoms with Crippen molar-refractivity contribution in [1.82, 2.24) is 19.4 Å². The Labute approximate surface area is 144 Å². The van der Waals surface area contributed by atoms with Crippen molar-refractivity contribution in [2.45, 2.75) is 45.2 Å². The number of rotatable bonds is 5. The molecule has 2 aliphatic heterocycles. The number of carbonyl (C=O) groups is 1. The minimum Gasteiger partial charge on any atom is -0.381 e. The van der Waals surface area contributed by atoms with E-state index in [9.17, 15) is 4.79 Å². The molecule has 1 amide bonds. The molecule has 3 rings (SSSR count). The Morgan fingerprint density at radius 3 is 2.88 bits per heavy atom. The molecule has 1 aromatic heterocycles. The average molecular weight is 334 g/mol. The van der Waals surface area contributed by atoms with E-state index in [4.69, 9.17) is 4.74 Å². The highest BCUT2D eigenvalue weighted by atomic mass is 16.5. The molecule has 0 saturated carbocycles. The highest BCUT2D eigenvalue weighted by Crippen LogP contribution is 2.24. The van der Waals surface area contributed by atoms with Gasteiger partial charge in [-0.2, -0.15) is 0 Å². The molecule has 0 unspecified atom stereocenters. The zero-order valence-corrected chi connectivity index (χ0v) is 15.0. The smallest absolute Gasteiger partial charge is 0.226 e. The van der Waals surface area contributed by atoms with E-state index < -0.39 is 0 Å². The van der Waals surface area contributed by atoms with Gasteiger partial charge >= 0.3 is 0 Å². The molecule has 134 valence electrons. The van der Waals surface area contributed by atoms with Gasteiger partial charge in [-0.05, 0) is 39.2 Å². The molecule has 2 saturated heterocycles. The van der Waals surface area contributed by atoms with Gasteiger partial charge in [-0.15, -0.1) is 0 Å². The summed E-state index contributed by atoms with van der Waals surface area (Å²) in [5, 5.41) is 0. The summed E-state index contributed by atoms with van der Waals surface area (Å²) in [4.78, 5) is 21.5. The minimum absolute atomic E-state index is 0.149. The van der Waals surface area contributed by atoms with E-state index in [-0.39, 0.29) is 5.92 Å². The molecule has 6 heteroatoms. The molecular weight excluding hydrogens is 304 g/mol. The monoisotopic (exact) mass is 334 g/mol. The number of ether oxygens (including phenoxy) is 1. The van der Waals surface area contributed by atoms with Crippen molar-refractivity contribution in [1.29, 1.82) is 0 Å². The van der Waals surface area contributed by atoms with Gasteiger partial charge in [0.05, 0.1) is 5.92 Å². The fraction of sp³-hybridized carbons (Fsp3) is 0.778. The van der Waals surface area contributed by atoms with Gasteiger partial charge in [0.15, 0.2) is 0 Å². The van der Waals surface area contributed by atoms with Crippen LogP contribution in [0.1, 0.15) is 31.5 Å². The normalized spacial score (nSPS) is 23.3. The van der Waals surface area contributed by atoms with Crippen molar-refractivity contribution >= 4 is 5.91 Å². The molecule has 0 aromatic carbocycles. The van der Waals surface area contributed by atoms with Gasteiger partial charge < -0.3 is 14.2 Å². The fourth-order valence-corrected chi connectivity index (χ4v) is 3.91. The second-order valence-electron chi connectivity index (χ2n) is 7.11. The summed E-state index contributed by atoms with van der Waals surface area (Å²) in [5.41, 5.74) is 0. The van der Waals surface area contributed by atoms with Crippen molar-refractivity contribution in [2.75, 3.05) is 39.9 Å². The predicted octanol–water partition coefficient (Wildman–Crippen LogP) is 1.54.